The molecule has 0 saturated carbocycles. The number of phenols is 3. The molecule has 20 heavy (non-hydrogen) atoms. The molecule has 5 heteroatoms. The van der Waals surface area contributed by atoms with Crippen molar-refractivity contribution in [3.63, 3.8) is 0 Å². The van der Waals surface area contributed by atoms with Gasteiger partial charge in [-0.2, -0.15) is 0 Å². The molecular formula is C15H10O4S. The van der Waals surface area contributed by atoms with E-state index in [1.54, 1.807) is 12.1 Å². The number of phenolic OH excluding ortho intramolecular Hbond substituents is 3. The highest BCUT2D eigenvalue weighted by Crippen LogP contribution is 2.42. The molecule has 0 spiro atoms. The first-order chi connectivity index (χ1) is 9.54. The van der Waals surface area contributed by atoms with Crippen molar-refractivity contribution in [2.75, 3.05) is 0 Å². The van der Waals surface area contributed by atoms with Gasteiger partial charge < -0.3 is 15.3 Å². The van der Waals surface area contributed by atoms with E-state index in [1.165, 1.54) is 42.1 Å². The predicted molar refractivity (Wildman–Crippen MR) is 76.0 cm³/mol. The van der Waals surface area contributed by atoms with Crippen molar-refractivity contribution in [3.8, 4) is 17.2 Å². The van der Waals surface area contributed by atoms with Gasteiger partial charge in [-0.25, -0.2) is 0 Å². The van der Waals surface area contributed by atoms with E-state index in [-0.39, 0.29) is 23.0 Å². The number of benzene rings is 2. The number of allylic oxidation sites excluding steroid dienone is 1. The number of thioether (sulfide) groups is 1. The van der Waals surface area contributed by atoms with E-state index in [2.05, 4.69) is 0 Å². The van der Waals surface area contributed by atoms with Gasteiger partial charge >= 0.3 is 0 Å². The van der Waals surface area contributed by atoms with Crippen LogP contribution in [0.4, 0.5) is 0 Å². The maximum atomic E-state index is 12.2. The van der Waals surface area contributed by atoms with Crippen molar-refractivity contribution in [1.82, 2.24) is 0 Å². The van der Waals surface area contributed by atoms with Crippen LogP contribution < -0.4 is 0 Å². The maximum absolute atomic E-state index is 12.2. The quantitative estimate of drug-likeness (QED) is 0.702. The molecule has 0 amide bonds. The summed E-state index contributed by atoms with van der Waals surface area (Å²) >= 11 is 1.24. The zero-order valence-electron chi connectivity index (χ0n) is 10.2. The number of hydrogen-bond acceptors (Lipinski definition) is 5. The van der Waals surface area contributed by atoms with Crippen molar-refractivity contribution in [2.24, 2.45) is 0 Å². The van der Waals surface area contributed by atoms with Crippen molar-refractivity contribution < 1.29 is 20.1 Å². The molecule has 4 nitrogen and oxygen atoms in total. The third kappa shape index (κ3) is 2.12. The number of hydrogen-bond donors (Lipinski definition) is 3. The Hall–Kier alpha value is -2.40. The third-order valence-corrected chi connectivity index (χ3v) is 4.03. The summed E-state index contributed by atoms with van der Waals surface area (Å²) in [5.74, 6) is -0.164. The zero-order valence-corrected chi connectivity index (χ0v) is 11.0. The topological polar surface area (TPSA) is 77.8 Å². The van der Waals surface area contributed by atoms with Crippen molar-refractivity contribution in [3.05, 3.63) is 52.4 Å². The first kappa shape index (κ1) is 12.6. The van der Waals surface area contributed by atoms with Gasteiger partial charge in [-0.3, -0.25) is 4.79 Å². The van der Waals surface area contributed by atoms with Gasteiger partial charge in [0.2, 0.25) is 5.78 Å². The van der Waals surface area contributed by atoms with E-state index in [9.17, 15) is 20.1 Å². The van der Waals surface area contributed by atoms with Gasteiger partial charge in [-0.1, -0.05) is 11.8 Å². The van der Waals surface area contributed by atoms with Crippen LogP contribution in [0.2, 0.25) is 0 Å². The molecule has 0 aromatic heterocycles. The smallest absolute Gasteiger partial charge is 0.200 e. The molecule has 3 N–H and O–H groups in total. The van der Waals surface area contributed by atoms with Gasteiger partial charge in [0, 0.05) is 22.1 Å². The predicted octanol–water partition coefficient (Wildman–Crippen LogP) is 3.13. The molecule has 0 atom stereocenters. The molecule has 1 heterocycles. The normalized spacial score (nSPS) is 15.6. The van der Waals surface area contributed by atoms with Gasteiger partial charge in [0.05, 0.1) is 4.91 Å². The molecule has 0 aliphatic carbocycles. The lowest BCUT2D eigenvalue weighted by Crippen LogP contribution is -1.93. The Kier molecular flexibility index (Phi) is 2.91. The van der Waals surface area contributed by atoms with Gasteiger partial charge in [-0.15, -0.1) is 0 Å². The Balaban J connectivity index is 2.01. The number of fused-ring (bicyclic) bond motifs is 1. The summed E-state index contributed by atoms with van der Waals surface area (Å²) in [6, 6.07) is 8.78. The van der Waals surface area contributed by atoms with E-state index in [0.717, 1.165) is 0 Å². The van der Waals surface area contributed by atoms with Crippen molar-refractivity contribution >= 4 is 23.6 Å². The largest absolute Gasteiger partial charge is 0.508 e. The van der Waals surface area contributed by atoms with Crippen molar-refractivity contribution in [2.45, 2.75) is 4.90 Å². The molecule has 0 unspecified atom stereocenters. The highest BCUT2D eigenvalue weighted by atomic mass is 32.2. The number of rotatable bonds is 1. The van der Waals surface area contributed by atoms with Crippen LogP contribution in [0.5, 0.6) is 17.2 Å². The Bertz CT molecular complexity index is 750. The summed E-state index contributed by atoms with van der Waals surface area (Å²) in [6.07, 6.45) is 1.57. The molecule has 3 rings (SSSR count). The van der Waals surface area contributed by atoms with Crippen LogP contribution in [0.25, 0.3) is 6.08 Å². The Morgan fingerprint density at radius 3 is 2.40 bits per heavy atom. The molecular weight excluding hydrogens is 276 g/mol. The lowest BCUT2D eigenvalue weighted by atomic mass is 10.1. The lowest BCUT2D eigenvalue weighted by molar-refractivity contribution is 0.104. The fourth-order valence-electron chi connectivity index (χ4n) is 1.97. The Morgan fingerprint density at radius 2 is 1.65 bits per heavy atom. The monoisotopic (exact) mass is 286 g/mol. The lowest BCUT2D eigenvalue weighted by Gasteiger charge is -2.01. The molecule has 2 aromatic rings. The second kappa shape index (κ2) is 4.61. The van der Waals surface area contributed by atoms with Crippen LogP contribution in [0.15, 0.2) is 46.2 Å². The van der Waals surface area contributed by atoms with E-state index in [4.69, 9.17) is 0 Å². The van der Waals surface area contributed by atoms with E-state index >= 15 is 0 Å². The second-order valence-electron chi connectivity index (χ2n) is 4.36. The number of carbonyl (C=O) groups is 1. The summed E-state index contributed by atoms with van der Waals surface area (Å²) in [6.45, 7) is 0. The Labute approximate surface area is 119 Å². The fourth-order valence-corrected chi connectivity index (χ4v) is 3.05. The summed E-state index contributed by atoms with van der Waals surface area (Å²) in [5, 5.41) is 28.4. The van der Waals surface area contributed by atoms with Crippen LogP contribution in [0.3, 0.4) is 0 Å². The standard InChI is InChI=1S/C15H10O4S/c16-9-2-1-8(12(18)6-9)5-14-15(19)11-4-3-10(17)7-13(11)20-14/h1-7,16-18H/b14-5-. The van der Waals surface area contributed by atoms with E-state index in [0.29, 0.717) is 20.9 Å². The molecule has 0 bridgehead atoms. The molecule has 0 radical (unpaired) electrons. The fraction of sp³-hybridized carbons (Fsp3) is 0. The van der Waals surface area contributed by atoms with Gasteiger partial charge in [0.15, 0.2) is 0 Å². The van der Waals surface area contributed by atoms with E-state index in [1.807, 2.05) is 0 Å². The molecule has 1 aliphatic heterocycles. The molecule has 0 fully saturated rings. The SMILES string of the molecule is O=C1/C(=C/c2ccc(O)cc2O)Sc2cc(O)ccc21. The van der Waals surface area contributed by atoms with E-state index < -0.39 is 0 Å². The first-order valence-electron chi connectivity index (χ1n) is 5.84. The van der Waals surface area contributed by atoms with Crippen molar-refractivity contribution in [1.29, 1.82) is 0 Å². The minimum absolute atomic E-state index is 0.0386. The number of aromatic hydroxyl groups is 3. The van der Waals surface area contributed by atoms with Gasteiger partial charge in [-0.05, 0) is 36.4 Å². The summed E-state index contributed by atoms with van der Waals surface area (Å²) in [7, 11) is 0. The highest BCUT2D eigenvalue weighted by Gasteiger charge is 2.26. The summed E-state index contributed by atoms with van der Waals surface area (Å²) in [5.41, 5.74) is 0.994. The Morgan fingerprint density at radius 1 is 0.950 bits per heavy atom. The molecule has 100 valence electrons. The minimum atomic E-state index is -0.141. The van der Waals surface area contributed by atoms with Gasteiger partial charge in [0.1, 0.15) is 17.2 Å². The van der Waals surface area contributed by atoms with Crippen LogP contribution in [0, 0.1) is 0 Å². The highest BCUT2D eigenvalue weighted by molar-refractivity contribution is 8.04. The summed E-state index contributed by atoms with van der Waals surface area (Å²) < 4.78 is 0. The number of Topliss-reactive ketones (excluding diaryl/α,β-unsaturated/α-hetero) is 1. The molecule has 1 aliphatic rings. The molecule has 0 saturated heterocycles. The summed E-state index contributed by atoms with van der Waals surface area (Å²) in [4.78, 5) is 13.3. The van der Waals surface area contributed by atoms with Crippen LogP contribution in [-0.2, 0) is 0 Å². The van der Waals surface area contributed by atoms with Gasteiger partial charge in [0.25, 0.3) is 0 Å². The number of ketones is 1. The zero-order chi connectivity index (χ0) is 14.3. The molecule has 2 aromatic carbocycles. The minimum Gasteiger partial charge on any atom is -0.508 e. The van der Waals surface area contributed by atoms with Crippen LogP contribution in [-0.4, -0.2) is 21.1 Å². The third-order valence-electron chi connectivity index (χ3n) is 2.95. The van der Waals surface area contributed by atoms with Crippen LogP contribution >= 0.6 is 11.8 Å². The maximum Gasteiger partial charge on any atom is 0.200 e. The first-order valence-corrected chi connectivity index (χ1v) is 6.65. The average Bonchev–Trinajstić information content (AvgIpc) is 2.69. The van der Waals surface area contributed by atoms with Crippen LogP contribution in [0.1, 0.15) is 15.9 Å². The second-order valence-corrected chi connectivity index (χ2v) is 5.45. The average molecular weight is 286 g/mol. The number of carbonyl (C=O) groups excluding carboxylic acids is 1.